The van der Waals surface area contributed by atoms with Crippen LogP contribution < -0.4 is 0 Å². The van der Waals surface area contributed by atoms with Crippen molar-refractivity contribution in [3.8, 4) is 12.5 Å². The first-order valence-corrected chi connectivity index (χ1v) is 4.19. The third-order valence-electron chi connectivity index (χ3n) is 1.45. The summed E-state index contributed by atoms with van der Waals surface area (Å²) in [4.78, 5) is 9.33. The molecule has 0 radical (unpaired) electrons. The highest BCUT2D eigenvalue weighted by atomic mass is 15.1. The second-order valence-corrected chi connectivity index (χ2v) is 2.44. The number of aliphatic imine (C=N–C) groups is 1. The minimum atomic E-state index is 0.729. The van der Waals surface area contributed by atoms with E-state index < -0.39 is 0 Å². The van der Waals surface area contributed by atoms with Crippen molar-refractivity contribution in [3.05, 3.63) is 43.0 Å². The summed E-state index contributed by atoms with van der Waals surface area (Å²) in [6.45, 7) is 0.729. The Hall–Kier alpha value is -2.08. The molecule has 0 spiro atoms. The SMILES string of the molecule is C#CN1C=CN=CC1.c1ccncc1. The molecule has 0 amide bonds. The number of hydrogen-bond donors (Lipinski definition) is 0. The molecule has 14 heavy (non-hydrogen) atoms. The fourth-order valence-corrected chi connectivity index (χ4v) is 0.784. The summed E-state index contributed by atoms with van der Waals surface area (Å²) in [6.07, 6.45) is 13.8. The topological polar surface area (TPSA) is 28.5 Å². The van der Waals surface area contributed by atoms with Crippen molar-refractivity contribution < 1.29 is 0 Å². The highest BCUT2D eigenvalue weighted by Crippen LogP contribution is 1.89. The van der Waals surface area contributed by atoms with Crippen molar-refractivity contribution in [1.29, 1.82) is 0 Å². The molecule has 0 unspecified atom stereocenters. The lowest BCUT2D eigenvalue weighted by molar-refractivity contribution is 0.613. The van der Waals surface area contributed by atoms with E-state index in [0.717, 1.165) is 6.54 Å². The van der Waals surface area contributed by atoms with E-state index in [4.69, 9.17) is 6.42 Å². The van der Waals surface area contributed by atoms with Crippen LogP contribution in [0.2, 0.25) is 0 Å². The van der Waals surface area contributed by atoms with Crippen molar-refractivity contribution in [2.75, 3.05) is 6.54 Å². The lowest BCUT2D eigenvalue weighted by Crippen LogP contribution is -2.14. The summed E-state index contributed by atoms with van der Waals surface area (Å²) < 4.78 is 0. The molecule has 0 saturated heterocycles. The second-order valence-electron chi connectivity index (χ2n) is 2.44. The smallest absolute Gasteiger partial charge is 0.0662 e. The van der Waals surface area contributed by atoms with Crippen LogP contribution in [0, 0.1) is 12.5 Å². The number of terminal acetylenes is 1. The Labute approximate surface area is 83.8 Å². The van der Waals surface area contributed by atoms with Gasteiger partial charge < -0.3 is 4.90 Å². The monoisotopic (exact) mass is 185 g/mol. The minimum absolute atomic E-state index is 0.729. The number of pyridine rings is 1. The number of nitrogens with zero attached hydrogens (tertiary/aromatic N) is 3. The highest BCUT2D eigenvalue weighted by Gasteiger charge is 1.91. The normalized spacial score (nSPS) is 12.6. The molecule has 2 heterocycles. The molecule has 1 aromatic heterocycles. The summed E-state index contributed by atoms with van der Waals surface area (Å²) in [5.41, 5.74) is 0. The molecule has 0 atom stereocenters. The molecule has 0 aliphatic carbocycles. The van der Waals surface area contributed by atoms with E-state index in [9.17, 15) is 0 Å². The summed E-state index contributed by atoms with van der Waals surface area (Å²) in [6, 6.07) is 8.17. The van der Waals surface area contributed by atoms with Gasteiger partial charge in [-0.1, -0.05) is 12.5 Å². The van der Waals surface area contributed by atoms with Gasteiger partial charge in [-0.15, -0.1) is 0 Å². The molecular formula is C11H11N3. The molecule has 0 fully saturated rings. The van der Waals surface area contributed by atoms with Crippen LogP contribution in [-0.2, 0) is 0 Å². The van der Waals surface area contributed by atoms with E-state index in [2.05, 4.69) is 16.0 Å². The zero-order valence-electron chi connectivity index (χ0n) is 7.74. The Morgan fingerprint density at radius 1 is 1.21 bits per heavy atom. The van der Waals surface area contributed by atoms with Crippen LogP contribution in [0.4, 0.5) is 0 Å². The summed E-state index contributed by atoms with van der Waals surface area (Å²) in [7, 11) is 0. The Kier molecular flexibility index (Phi) is 4.60. The lowest BCUT2D eigenvalue weighted by atomic mass is 10.5. The van der Waals surface area contributed by atoms with Gasteiger partial charge in [-0.05, 0) is 12.1 Å². The van der Waals surface area contributed by atoms with E-state index in [1.807, 2.05) is 18.2 Å². The average molecular weight is 185 g/mol. The molecule has 0 saturated carbocycles. The Bertz CT molecular complexity index is 309. The lowest BCUT2D eigenvalue weighted by Gasteiger charge is -2.09. The minimum Gasteiger partial charge on any atom is -0.302 e. The van der Waals surface area contributed by atoms with Crippen LogP contribution in [0.25, 0.3) is 0 Å². The molecule has 1 aliphatic heterocycles. The van der Waals surface area contributed by atoms with Crippen LogP contribution in [0.3, 0.4) is 0 Å². The molecular weight excluding hydrogens is 174 g/mol. The van der Waals surface area contributed by atoms with Crippen molar-refractivity contribution in [1.82, 2.24) is 9.88 Å². The third kappa shape index (κ3) is 4.07. The summed E-state index contributed by atoms with van der Waals surface area (Å²) in [5, 5.41) is 0. The average Bonchev–Trinajstić information content (AvgIpc) is 2.33. The first kappa shape index (κ1) is 10.0. The third-order valence-corrected chi connectivity index (χ3v) is 1.45. The van der Waals surface area contributed by atoms with E-state index in [0.29, 0.717) is 0 Å². The fourth-order valence-electron chi connectivity index (χ4n) is 0.784. The van der Waals surface area contributed by atoms with Crippen molar-refractivity contribution in [2.24, 2.45) is 4.99 Å². The van der Waals surface area contributed by atoms with Crippen molar-refractivity contribution in [3.63, 3.8) is 0 Å². The standard InChI is InChI=1S/C6H6N2.C5H5N/c1-2-8-5-3-7-4-6-8;1-2-4-6-5-3-1/h1,3-5H,6H2;1-5H. The van der Waals surface area contributed by atoms with Gasteiger partial charge in [0.05, 0.1) is 6.54 Å². The Morgan fingerprint density at radius 3 is 2.29 bits per heavy atom. The number of aromatic nitrogens is 1. The molecule has 3 heteroatoms. The van der Waals surface area contributed by atoms with Crippen LogP contribution >= 0.6 is 0 Å². The molecule has 0 N–H and O–H groups in total. The first-order chi connectivity index (χ1) is 6.93. The van der Waals surface area contributed by atoms with Gasteiger partial charge in [0.25, 0.3) is 0 Å². The first-order valence-electron chi connectivity index (χ1n) is 4.19. The molecule has 1 aliphatic rings. The van der Waals surface area contributed by atoms with Crippen LogP contribution in [-0.4, -0.2) is 22.6 Å². The molecule has 1 aromatic rings. The van der Waals surface area contributed by atoms with Gasteiger partial charge in [-0.25, -0.2) is 0 Å². The predicted octanol–water partition coefficient (Wildman–Crippen LogP) is 1.52. The quantitative estimate of drug-likeness (QED) is 0.573. The Balaban J connectivity index is 0.000000146. The maximum absolute atomic E-state index is 5.07. The summed E-state index contributed by atoms with van der Waals surface area (Å²) >= 11 is 0. The van der Waals surface area contributed by atoms with Crippen LogP contribution in [0.5, 0.6) is 0 Å². The van der Waals surface area contributed by atoms with Crippen molar-refractivity contribution >= 4 is 6.21 Å². The van der Waals surface area contributed by atoms with Crippen molar-refractivity contribution in [2.45, 2.75) is 0 Å². The van der Waals surface area contributed by atoms with Gasteiger partial charge >= 0.3 is 0 Å². The molecule has 0 bridgehead atoms. The van der Waals surface area contributed by atoms with E-state index in [1.165, 1.54) is 0 Å². The van der Waals surface area contributed by atoms with Gasteiger partial charge in [-0.3, -0.25) is 9.98 Å². The molecule has 2 rings (SSSR count). The molecule has 0 aromatic carbocycles. The van der Waals surface area contributed by atoms with Crippen LogP contribution in [0.15, 0.2) is 48.0 Å². The zero-order valence-corrected chi connectivity index (χ0v) is 7.74. The van der Waals surface area contributed by atoms with Crippen LogP contribution in [0.1, 0.15) is 0 Å². The second kappa shape index (κ2) is 6.44. The summed E-state index contributed by atoms with van der Waals surface area (Å²) in [5.74, 6) is 0. The maximum Gasteiger partial charge on any atom is 0.0662 e. The fraction of sp³-hybridized carbons (Fsp3) is 0.0909. The number of hydrogen-bond acceptors (Lipinski definition) is 3. The highest BCUT2D eigenvalue weighted by molar-refractivity contribution is 5.62. The van der Waals surface area contributed by atoms with Gasteiger partial charge in [0, 0.05) is 37.1 Å². The largest absolute Gasteiger partial charge is 0.302 e. The number of rotatable bonds is 0. The van der Waals surface area contributed by atoms with E-state index in [-0.39, 0.29) is 0 Å². The van der Waals surface area contributed by atoms with Gasteiger partial charge in [0.1, 0.15) is 0 Å². The Morgan fingerprint density at radius 2 is 2.00 bits per heavy atom. The predicted molar refractivity (Wildman–Crippen MR) is 57.4 cm³/mol. The van der Waals surface area contributed by atoms with E-state index in [1.54, 1.807) is 35.9 Å². The van der Waals surface area contributed by atoms with Gasteiger partial charge in [0.15, 0.2) is 0 Å². The van der Waals surface area contributed by atoms with E-state index >= 15 is 0 Å². The maximum atomic E-state index is 5.07. The van der Waals surface area contributed by atoms with Gasteiger partial charge in [0.2, 0.25) is 0 Å². The van der Waals surface area contributed by atoms with Gasteiger partial charge in [-0.2, -0.15) is 0 Å². The molecule has 70 valence electrons. The molecule has 3 nitrogen and oxygen atoms in total. The zero-order chi connectivity index (χ0) is 10.1.